The average Bonchev–Trinajstić information content (AvgIpc) is 2.99. The molecule has 1 aliphatic heterocycles. The molecule has 0 saturated carbocycles. The lowest BCUT2D eigenvalue weighted by atomic mass is 9.71. The van der Waals surface area contributed by atoms with Crippen molar-refractivity contribution >= 4 is 5.78 Å². The summed E-state index contributed by atoms with van der Waals surface area (Å²) >= 11 is 0. The number of hydrogen-bond acceptors (Lipinski definition) is 4. The Kier molecular flexibility index (Phi) is 4.63. The van der Waals surface area contributed by atoms with Crippen LogP contribution in [0.2, 0.25) is 0 Å². The number of halogens is 1. The lowest BCUT2D eigenvalue weighted by Crippen LogP contribution is -2.44. The van der Waals surface area contributed by atoms with Crippen molar-refractivity contribution in [2.75, 3.05) is 13.9 Å². The summed E-state index contributed by atoms with van der Waals surface area (Å²) in [5, 5.41) is 0. The van der Waals surface area contributed by atoms with Crippen molar-refractivity contribution in [1.82, 2.24) is 0 Å². The van der Waals surface area contributed by atoms with E-state index in [1.165, 1.54) is 13.2 Å². The van der Waals surface area contributed by atoms with Crippen LogP contribution in [0.15, 0.2) is 30.0 Å². The minimum absolute atomic E-state index is 0.0173. The predicted molar refractivity (Wildman–Crippen MR) is 87.1 cm³/mol. The topological polar surface area (TPSA) is 44.8 Å². The maximum Gasteiger partial charge on any atom is 0.189 e. The Morgan fingerprint density at radius 3 is 2.92 bits per heavy atom. The number of methoxy groups -OCH3 is 1. The van der Waals surface area contributed by atoms with Gasteiger partial charge in [0.15, 0.2) is 12.6 Å². The van der Waals surface area contributed by atoms with Crippen LogP contribution in [-0.2, 0) is 20.7 Å². The number of hydrogen-bond donors (Lipinski definition) is 0. The molecule has 1 aromatic carbocycles. The minimum atomic E-state index is -0.638. The van der Waals surface area contributed by atoms with E-state index in [2.05, 4.69) is 0 Å². The molecule has 1 heterocycles. The third kappa shape index (κ3) is 2.81. The molecule has 5 heteroatoms. The summed E-state index contributed by atoms with van der Waals surface area (Å²) in [5.41, 5.74) is -0.0292. The van der Waals surface area contributed by atoms with Crippen LogP contribution in [0.25, 0.3) is 0 Å². The largest absolute Gasteiger partial charge is 0.497 e. The first kappa shape index (κ1) is 17.0. The fourth-order valence-corrected chi connectivity index (χ4v) is 3.68. The fourth-order valence-electron chi connectivity index (χ4n) is 3.68. The second-order valence-electron chi connectivity index (χ2n) is 6.58. The van der Waals surface area contributed by atoms with Crippen molar-refractivity contribution < 1.29 is 23.4 Å². The summed E-state index contributed by atoms with van der Waals surface area (Å²) in [5.74, 6) is 0.809. The van der Waals surface area contributed by atoms with E-state index in [0.29, 0.717) is 29.9 Å². The molecule has 0 amide bonds. The third-order valence-corrected chi connectivity index (χ3v) is 5.25. The van der Waals surface area contributed by atoms with E-state index in [1.807, 2.05) is 13.8 Å². The van der Waals surface area contributed by atoms with E-state index in [9.17, 15) is 9.18 Å². The van der Waals surface area contributed by atoms with Gasteiger partial charge in [-0.3, -0.25) is 4.79 Å². The number of allylic oxidation sites excluding steroid dienone is 1. The van der Waals surface area contributed by atoms with E-state index in [1.54, 1.807) is 18.2 Å². The van der Waals surface area contributed by atoms with Crippen LogP contribution >= 0.6 is 0 Å². The summed E-state index contributed by atoms with van der Waals surface area (Å²) in [6.45, 7) is 4.17. The molecule has 4 nitrogen and oxygen atoms in total. The Labute approximate surface area is 141 Å². The molecule has 1 aromatic rings. The first-order valence-corrected chi connectivity index (χ1v) is 8.35. The molecule has 1 fully saturated rings. The fraction of sp³-hybridized carbons (Fsp3) is 0.526. The molecule has 130 valence electrons. The molecule has 1 aliphatic carbocycles. The van der Waals surface area contributed by atoms with Gasteiger partial charge < -0.3 is 14.2 Å². The molecule has 3 atom stereocenters. The molecule has 0 bridgehead atoms. The second kappa shape index (κ2) is 6.55. The average molecular weight is 334 g/mol. The van der Waals surface area contributed by atoms with Gasteiger partial charge in [0.1, 0.15) is 22.9 Å². The van der Waals surface area contributed by atoms with Crippen LogP contribution in [0.3, 0.4) is 0 Å². The van der Waals surface area contributed by atoms with Gasteiger partial charge in [0.25, 0.3) is 0 Å². The molecule has 0 unspecified atom stereocenters. The van der Waals surface area contributed by atoms with Gasteiger partial charge in [-0.05, 0) is 36.8 Å². The van der Waals surface area contributed by atoms with Crippen molar-refractivity contribution in [2.24, 2.45) is 11.8 Å². The van der Waals surface area contributed by atoms with Gasteiger partial charge in [-0.25, -0.2) is 4.39 Å². The second-order valence-corrected chi connectivity index (χ2v) is 6.58. The molecule has 0 N–H and O–H groups in total. The smallest absolute Gasteiger partial charge is 0.189 e. The number of benzene rings is 1. The van der Waals surface area contributed by atoms with E-state index in [0.717, 1.165) is 6.42 Å². The first-order valence-electron chi connectivity index (χ1n) is 8.35. The molecule has 0 aromatic heterocycles. The van der Waals surface area contributed by atoms with Gasteiger partial charge in [-0.2, -0.15) is 0 Å². The summed E-state index contributed by atoms with van der Waals surface area (Å²) in [7, 11) is 1.51. The van der Waals surface area contributed by atoms with Crippen LogP contribution in [0, 0.1) is 17.7 Å². The zero-order chi connectivity index (χ0) is 17.3. The lowest BCUT2D eigenvalue weighted by molar-refractivity contribution is -0.123. The van der Waals surface area contributed by atoms with Crippen LogP contribution < -0.4 is 4.74 Å². The number of carbonyl (C=O) groups is 1. The monoisotopic (exact) mass is 334 g/mol. The molecule has 0 spiro atoms. The van der Waals surface area contributed by atoms with Gasteiger partial charge in [-0.15, -0.1) is 0 Å². The highest BCUT2D eigenvalue weighted by Crippen LogP contribution is 2.46. The van der Waals surface area contributed by atoms with Crippen molar-refractivity contribution in [3.8, 4) is 5.75 Å². The van der Waals surface area contributed by atoms with Crippen molar-refractivity contribution in [1.29, 1.82) is 0 Å². The van der Waals surface area contributed by atoms with E-state index >= 15 is 0 Å². The van der Waals surface area contributed by atoms with Crippen molar-refractivity contribution in [3.63, 3.8) is 0 Å². The zero-order valence-electron chi connectivity index (χ0n) is 14.3. The van der Waals surface area contributed by atoms with Gasteiger partial charge >= 0.3 is 0 Å². The number of ether oxygens (including phenoxy) is 3. The molecule has 2 aliphatic rings. The first-order chi connectivity index (χ1) is 11.5. The number of carbonyl (C=O) groups excluding carboxylic acids is 1. The van der Waals surface area contributed by atoms with E-state index in [-0.39, 0.29) is 30.2 Å². The highest BCUT2D eigenvalue weighted by molar-refractivity contribution is 5.93. The van der Waals surface area contributed by atoms with Crippen LogP contribution in [0.5, 0.6) is 5.75 Å². The van der Waals surface area contributed by atoms with Crippen LogP contribution in [0.4, 0.5) is 4.39 Å². The minimum Gasteiger partial charge on any atom is -0.497 e. The lowest BCUT2D eigenvalue weighted by Gasteiger charge is -2.38. The Balaban J connectivity index is 1.86. The number of fused-ring (bicyclic) bond motifs is 1. The summed E-state index contributed by atoms with van der Waals surface area (Å²) in [4.78, 5) is 12.1. The van der Waals surface area contributed by atoms with E-state index < -0.39 is 5.60 Å². The van der Waals surface area contributed by atoms with Gasteiger partial charge in [0, 0.05) is 18.1 Å². The van der Waals surface area contributed by atoms with Gasteiger partial charge in [0.2, 0.25) is 0 Å². The SMILES string of the molecule is CC[C@H]1C[C@]2([C@@H](C)Cc3ccc(OC)cc3F)OCOC2=CC1=O. The predicted octanol–water partition coefficient (Wildman–Crippen LogP) is 3.64. The summed E-state index contributed by atoms with van der Waals surface area (Å²) < 4.78 is 30.8. The molecule has 24 heavy (non-hydrogen) atoms. The Bertz CT molecular complexity index is 669. The Hall–Kier alpha value is -1.88. The van der Waals surface area contributed by atoms with Crippen LogP contribution in [0.1, 0.15) is 32.3 Å². The maximum atomic E-state index is 14.3. The van der Waals surface area contributed by atoms with Crippen molar-refractivity contribution in [2.45, 2.75) is 38.7 Å². The molecular formula is C19H23FO4. The molecule has 0 radical (unpaired) electrons. The van der Waals surface area contributed by atoms with E-state index in [4.69, 9.17) is 14.2 Å². The summed E-state index contributed by atoms with van der Waals surface area (Å²) in [6.07, 6.45) is 3.43. The quantitative estimate of drug-likeness (QED) is 0.825. The third-order valence-electron chi connectivity index (χ3n) is 5.25. The number of rotatable bonds is 5. The van der Waals surface area contributed by atoms with Gasteiger partial charge in [0.05, 0.1) is 7.11 Å². The number of ketones is 1. The zero-order valence-corrected chi connectivity index (χ0v) is 14.3. The molecule has 1 saturated heterocycles. The summed E-state index contributed by atoms with van der Waals surface area (Å²) in [6, 6.07) is 4.89. The van der Waals surface area contributed by atoms with Gasteiger partial charge in [-0.1, -0.05) is 19.9 Å². The molecular weight excluding hydrogens is 311 g/mol. The highest BCUT2D eigenvalue weighted by Gasteiger charge is 2.51. The van der Waals surface area contributed by atoms with Crippen molar-refractivity contribution in [3.05, 3.63) is 41.4 Å². The van der Waals surface area contributed by atoms with Crippen LogP contribution in [-0.4, -0.2) is 25.3 Å². The standard InChI is InChI=1S/C19H23FO4/c1-4-13-10-19(18(9-17(13)21)23-11-24-19)12(2)7-14-5-6-15(22-3)8-16(14)20/h5-6,8-9,12-13H,4,7,10-11H2,1-3H3/t12-,13-,19+/m0/s1. The normalized spacial score (nSPS) is 27.2. The molecule has 3 rings (SSSR count). The highest BCUT2D eigenvalue weighted by atomic mass is 19.1. The Morgan fingerprint density at radius 2 is 2.25 bits per heavy atom. The maximum absolute atomic E-state index is 14.3. The Morgan fingerprint density at radius 1 is 1.46 bits per heavy atom.